The molecule has 0 radical (unpaired) electrons. The van der Waals surface area contributed by atoms with Crippen molar-refractivity contribution >= 4 is 23.4 Å². The van der Waals surface area contributed by atoms with Crippen LogP contribution in [0.15, 0.2) is 53.9 Å². The zero-order chi connectivity index (χ0) is 14.2. The molecule has 0 aliphatic carbocycles. The Morgan fingerprint density at radius 1 is 1.10 bits per heavy atom. The van der Waals surface area contributed by atoms with Gasteiger partial charge in [0.15, 0.2) is 5.82 Å². The average molecular weight is 316 g/mol. The van der Waals surface area contributed by atoms with Crippen LogP contribution in [0, 0.1) is 0 Å². The van der Waals surface area contributed by atoms with Gasteiger partial charge in [0.2, 0.25) is 5.16 Å². The summed E-state index contributed by atoms with van der Waals surface area (Å²) in [4.78, 5) is 4.02. The number of hydrogen-bond acceptors (Lipinski definition) is 5. The van der Waals surface area contributed by atoms with Crippen molar-refractivity contribution in [3.05, 3.63) is 59.4 Å². The number of nitrogens with one attached hydrogen (secondary N) is 1. The fourth-order valence-corrected chi connectivity index (χ4v) is 3.56. The van der Waals surface area contributed by atoms with E-state index in [-0.39, 0.29) is 5.37 Å². The van der Waals surface area contributed by atoms with Gasteiger partial charge in [0, 0.05) is 28.5 Å². The van der Waals surface area contributed by atoms with E-state index in [0.29, 0.717) is 0 Å². The fourth-order valence-electron chi connectivity index (χ4n) is 2.22. The third-order valence-electron chi connectivity index (χ3n) is 3.23. The summed E-state index contributed by atoms with van der Waals surface area (Å²) < 4.78 is 1.90. The average Bonchev–Trinajstić information content (AvgIpc) is 3.08. The normalized spacial score (nSPS) is 16.5. The highest BCUT2D eigenvalue weighted by atomic mass is 35.5. The minimum atomic E-state index is 0.0322. The van der Waals surface area contributed by atoms with Gasteiger partial charge in [-0.05, 0) is 18.2 Å². The molecule has 5 nitrogen and oxygen atoms in total. The maximum Gasteiger partial charge on any atom is 0.212 e. The van der Waals surface area contributed by atoms with E-state index >= 15 is 0 Å². The van der Waals surface area contributed by atoms with Crippen molar-refractivity contribution in [3.63, 3.8) is 0 Å². The van der Waals surface area contributed by atoms with Crippen LogP contribution in [0.25, 0.3) is 11.4 Å². The molecule has 3 aromatic rings. The Morgan fingerprint density at radius 2 is 1.90 bits per heavy atom. The summed E-state index contributed by atoms with van der Waals surface area (Å²) in [5, 5.41) is 10.1. The Balaban J connectivity index is 1.70. The maximum absolute atomic E-state index is 6.26. The summed E-state index contributed by atoms with van der Waals surface area (Å²) in [6.45, 7) is 0. The van der Waals surface area contributed by atoms with Crippen LogP contribution in [0.2, 0.25) is 5.02 Å². The van der Waals surface area contributed by atoms with Gasteiger partial charge in [0.1, 0.15) is 5.37 Å². The maximum atomic E-state index is 6.26. The van der Waals surface area contributed by atoms with Crippen LogP contribution in [0.4, 0.5) is 0 Å². The van der Waals surface area contributed by atoms with Crippen molar-refractivity contribution in [2.45, 2.75) is 10.5 Å². The second-order valence-corrected chi connectivity index (χ2v) is 6.01. The molecule has 0 amide bonds. The highest BCUT2D eigenvalue weighted by Gasteiger charge is 2.29. The molecule has 0 spiro atoms. The molecule has 0 saturated heterocycles. The number of pyridine rings is 1. The molecule has 1 unspecified atom stereocenters. The van der Waals surface area contributed by atoms with Crippen LogP contribution in [0.1, 0.15) is 10.9 Å². The highest BCUT2D eigenvalue weighted by Crippen LogP contribution is 2.42. The van der Waals surface area contributed by atoms with Crippen LogP contribution in [0.5, 0.6) is 0 Å². The molecule has 1 N–H and O–H groups in total. The lowest BCUT2D eigenvalue weighted by atomic mass is 10.2. The lowest BCUT2D eigenvalue weighted by molar-refractivity contribution is 0.792. The Kier molecular flexibility index (Phi) is 3.05. The predicted octanol–water partition coefficient (Wildman–Crippen LogP) is 3.34. The molecule has 7 heteroatoms. The van der Waals surface area contributed by atoms with Crippen LogP contribution >= 0.6 is 23.4 Å². The third kappa shape index (κ3) is 2.16. The van der Waals surface area contributed by atoms with E-state index in [9.17, 15) is 0 Å². The first kappa shape index (κ1) is 12.7. The van der Waals surface area contributed by atoms with Gasteiger partial charge in [0.05, 0.1) is 0 Å². The summed E-state index contributed by atoms with van der Waals surface area (Å²) >= 11 is 7.86. The molecule has 1 aliphatic rings. The highest BCUT2D eigenvalue weighted by molar-refractivity contribution is 7.99. The molecule has 1 aromatic carbocycles. The van der Waals surface area contributed by atoms with Crippen molar-refractivity contribution < 1.29 is 0 Å². The van der Waals surface area contributed by atoms with Gasteiger partial charge in [-0.3, -0.25) is 4.98 Å². The lowest BCUT2D eigenvalue weighted by Crippen LogP contribution is -2.14. The summed E-state index contributed by atoms with van der Waals surface area (Å²) in [7, 11) is 0. The summed E-state index contributed by atoms with van der Waals surface area (Å²) in [5.41, 5.74) is 5.39. The second kappa shape index (κ2) is 5.05. The van der Waals surface area contributed by atoms with Gasteiger partial charge < -0.3 is 5.43 Å². The van der Waals surface area contributed by atoms with E-state index in [1.165, 1.54) is 0 Å². The molecule has 0 saturated carbocycles. The molecule has 0 fully saturated rings. The standard InChI is InChI=1S/C14H10ClN5S/c15-11-4-2-1-3-10(11)13-19-20-12(17-18-14(20)21-13)9-5-7-16-8-6-9/h1-8,13,19H. The number of halogens is 1. The van der Waals surface area contributed by atoms with Gasteiger partial charge in [-0.1, -0.05) is 41.6 Å². The minimum absolute atomic E-state index is 0.0322. The van der Waals surface area contributed by atoms with E-state index in [1.807, 2.05) is 41.1 Å². The SMILES string of the molecule is Clc1ccccc1C1Nn2c(nnc2-c2ccncc2)S1. The quantitative estimate of drug-likeness (QED) is 0.786. The van der Waals surface area contributed by atoms with Crippen molar-refractivity contribution in [2.75, 3.05) is 5.43 Å². The molecule has 104 valence electrons. The van der Waals surface area contributed by atoms with Crippen molar-refractivity contribution in [1.82, 2.24) is 19.9 Å². The Bertz CT molecular complexity index is 789. The van der Waals surface area contributed by atoms with E-state index < -0.39 is 0 Å². The zero-order valence-electron chi connectivity index (χ0n) is 10.8. The Hall–Kier alpha value is -2.05. The van der Waals surface area contributed by atoms with Crippen LogP contribution in [-0.4, -0.2) is 19.9 Å². The van der Waals surface area contributed by atoms with E-state index in [0.717, 1.165) is 27.1 Å². The van der Waals surface area contributed by atoms with Gasteiger partial charge in [0.25, 0.3) is 0 Å². The second-order valence-electron chi connectivity index (χ2n) is 4.53. The van der Waals surface area contributed by atoms with Crippen LogP contribution in [-0.2, 0) is 0 Å². The fraction of sp³-hybridized carbons (Fsp3) is 0.0714. The monoisotopic (exact) mass is 315 g/mol. The first-order valence-corrected chi connectivity index (χ1v) is 7.62. The lowest BCUT2D eigenvalue weighted by Gasteiger charge is -2.13. The van der Waals surface area contributed by atoms with E-state index in [2.05, 4.69) is 20.6 Å². The molecule has 0 bridgehead atoms. The summed E-state index contributed by atoms with van der Waals surface area (Å²) in [6, 6.07) is 11.6. The Labute approximate surface area is 130 Å². The smallest absolute Gasteiger partial charge is 0.212 e. The van der Waals surface area contributed by atoms with Crippen molar-refractivity contribution in [3.8, 4) is 11.4 Å². The molecule has 2 aromatic heterocycles. The number of hydrogen-bond donors (Lipinski definition) is 1. The molecule has 1 aliphatic heterocycles. The summed E-state index contributed by atoms with van der Waals surface area (Å²) in [5.74, 6) is 0.773. The van der Waals surface area contributed by atoms with E-state index in [4.69, 9.17) is 11.6 Å². The number of aromatic nitrogens is 4. The van der Waals surface area contributed by atoms with Gasteiger partial charge in [-0.15, -0.1) is 10.2 Å². The number of rotatable bonds is 2. The topological polar surface area (TPSA) is 55.6 Å². The number of nitrogens with zero attached hydrogens (tertiary/aromatic N) is 4. The van der Waals surface area contributed by atoms with E-state index in [1.54, 1.807) is 24.2 Å². The number of benzene rings is 1. The molecule has 3 heterocycles. The zero-order valence-corrected chi connectivity index (χ0v) is 12.3. The summed E-state index contributed by atoms with van der Waals surface area (Å²) in [6.07, 6.45) is 3.48. The van der Waals surface area contributed by atoms with Crippen LogP contribution in [0.3, 0.4) is 0 Å². The minimum Gasteiger partial charge on any atom is -0.304 e. The number of thioether (sulfide) groups is 1. The largest absolute Gasteiger partial charge is 0.304 e. The molecular formula is C14H10ClN5S. The first-order chi connectivity index (χ1) is 10.3. The van der Waals surface area contributed by atoms with Crippen molar-refractivity contribution in [1.29, 1.82) is 0 Å². The number of fused-ring (bicyclic) bond motifs is 1. The molecule has 21 heavy (non-hydrogen) atoms. The van der Waals surface area contributed by atoms with Gasteiger partial charge in [-0.25, -0.2) is 4.68 Å². The molecule has 4 rings (SSSR count). The molecule has 1 atom stereocenters. The molecular weight excluding hydrogens is 306 g/mol. The van der Waals surface area contributed by atoms with Gasteiger partial charge >= 0.3 is 0 Å². The third-order valence-corrected chi connectivity index (χ3v) is 4.64. The Morgan fingerprint density at radius 3 is 2.71 bits per heavy atom. The van der Waals surface area contributed by atoms with Crippen LogP contribution < -0.4 is 5.43 Å². The van der Waals surface area contributed by atoms with Crippen molar-refractivity contribution in [2.24, 2.45) is 0 Å². The van der Waals surface area contributed by atoms with Gasteiger partial charge in [-0.2, -0.15) is 0 Å². The first-order valence-electron chi connectivity index (χ1n) is 6.36. The predicted molar refractivity (Wildman–Crippen MR) is 82.7 cm³/mol.